The van der Waals surface area contributed by atoms with E-state index in [1.165, 1.54) is 11.5 Å². The molecule has 6 heteroatoms. The number of halogens is 1. The van der Waals surface area contributed by atoms with Crippen LogP contribution in [0.1, 0.15) is 0 Å². The Labute approximate surface area is 88.8 Å². The number of anilines is 1. The molecule has 4 nitrogen and oxygen atoms in total. The number of benzene rings is 1. The molecule has 0 radical (unpaired) electrons. The molecular weight excluding hydrogens is 222 g/mol. The van der Waals surface area contributed by atoms with Crippen LogP contribution in [0.5, 0.6) is 0 Å². The molecule has 72 valence electrons. The number of aromatic nitrogens is 1. The van der Waals surface area contributed by atoms with Gasteiger partial charge in [-0.3, -0.25) is 5.32 Å². The van der Waals surface area contributed by atoms with Crippen molar-refractivity contribution in [2.45, 2.75) is 0 Å². The molecule has 0 fully saturated rings. The van der Waals surface area contributed by atoms with E-state index in [0.717, 1.165) is 10.1 Å². The summed E-state index contributed by atoms with van der Waals surface area (Å²) < 4.78 is 5.00. The van der Waals surface area contributed by atoms with Crippen LogP contribution < -0.4 is 11.1 Å². The lowest BCUT2D eigenvalue weighted by molar-refractivity contribution is 0.259. The highest BCUT2D eigenvalue weighted by molar-refractivity contribution is 7.13. The van der Waals surface area contributed by atoms with Crippen molar-refractivity contribution >= 4 is 45.1 Å². The first-order valence-corrected chi connectivity index (χ1v) is 4.93. The number of nitrogens with two attached hydrogens (primary N) is 1. The third-order valence-corrected chi connectivity index (χ3v) is 2.74. The van der Waals surface area contributed by atoms with Gasteiger partial charge in [-0.05, 0) is 29.7 Å². The molecule has 0 spiro atoms. The molecule has 1 heterocycles. The molecule has 1 aromatic heterocycles. The minimum Gasteiger partial charge on any atom is -0.351 e. The Kier molecular flexibility index (Phi) is 2.26. The minimum atomic E-state index is -0.628. The maximum absolute atomic E-state index is 10.6. The summed E-state index contributed by atoms with van der Waals surface area (Å²) in [5, 5.41) is 3.84. The van der Waals surface area contributed by atoms with Crippen molar-refractivity contribution in [3.63, 3.8) is 0 Å². The van der Waals surface area contributed by atoms with Crippen molar-refractivity contribution in [2.75, 3.05) is 5.32 Å². The molecule has 0 saturated heterocycles. The lowest BCUT2D eigenvalue weighted by Crippen LogP contribution is -2.19. The van der Waals surface area contributed by atoms with Gasteiger partial charge in [0.05, 0.1) is 4.70 Å². The zero-order valence-electron chi connectivity index (χ0n) is 6.95. The normalized spacial score (nSPS) is 10.4. The largest absolute Gasteiger partial charge is 0.351 e. The van der Waals surface area contributed by atoms with Crippen molar-refractivity contribution in [3.05, 3.63) is 23.2 Å². The number of fused-ring (bicyclic) bond motifs is 1. The Morgan fingerprint density at radius 2 is 2.36 bits per heavy atom. The van der Waals surface area contributed by atoms with E-state index in [1.807, 2.05) is 6.07 Å². The molecule has 1 aromatic carbocycles. The Balaban J connectivity index is 2.55. The van der Waals surface area contributed by atoms with Gasteiger partial charge in [0, 0.05) is 10.4 Å². The summed E-state index contributed by atoms with van der Waals surface area (Å²) in [6.45, 7) is 0. The number of amides is 2. The van der Waals surface area contributed by atoms with Crippen LogP contribution in [0.4, 0.5) is 10.6 Å². The number of rotatable bonds is 1. The monoisotopic (exact) mass is 227 g/mol. The van der Waals surface area contributed by atoms with E-state index in [0.29, 0.717) is 10.8 Å². The number of nitrogens with zero attached hydrogens (tertiary/aromatic N) is 1. The number of hydrogen-bond donors (Lipinski definition) is 2. The predicted molar refractivity (Wildman–Crippen MR) is 57.8 cm³/mol. The summed E-state index contributed by atoms with van der Waals surface area (Å²) in [6.07, 6.45) is 0. The number of nitrogens with one attached hydrogen (secondary N) is 1. The second-order valence-electron chi connectivity index (χ2n) is 2.66. The molecule has 0 unspecified atom stereocenters. The van der Waals surface area contributed by atoms with Gasteiger partial charge >= 0.3 is 6.03 Å². The van der Waals surface area contributed by atoms with E-state index >= 15 is 0 Å². The van der Waals surface area contributed by atoms with Gasteiger partial charge in [0.2, 0.25) is 0 Å². The molecule has 2 amide bonds. The van der Waals surface area contributed by atoms with Crippen LogP contribution in [0.25, 0.3) is 10.1 Å². The smallest absolute Gasteiger partial charge is 0.317 e. The van der Waals surface area contributed by atoms with Crippen LogP contribution in [-0.2, 0) is 0 Å². The van der Waals surface area contributed by atoms with Gasteiger partial charge in [0.15, 0.2) is 5.82 Å². The maximum atomic E-state index is 10.6. The predicted octanol–water partition coefficient (Wildman–Crippen LogP) is 2.44. The lowest BCUT2D eigenvalue weighted by Gasteiger charge is -1.96. The van der Waals surface area contributed by atoms with E-state index in [1.54, 1.807) is 12.1 Å². The van der Waals surface area contributed by atoms with Gasteiger partial charge in [-0.1, -0.05) is 11.6 Å². The molecule has 0 bridgehead atoms. The quantitative estimate of drug-likeness (QED) is 0.786. The molecule has 0 atom stereocenters. The number of urea groups is 1. The van der Waals surface area contributed by atoms with Crippen molar-refractivity contribution in [2.24, 2.45) is 5.73 Å². The lowest BCUT2D eigenvalue weighted by atomic mass is 10.2. The van der Waals surface area contributed by atoms with Gasteiger partial charge in [-0.15, -0.1) is 0 Å². The molecule has 2 rings (SSSR count). The number of primary amides is 1. The second-order valence-corrected chi connectivity index (χ2v) is 3.90. The Bertz CT molecular complexity index is 496. The van der Waals surface area contributed by atoms with Crippen LogP contribution in [0.3, 0.4) is 0 Å². The molecular formula is C8H6ClN3OS. The molecule has 0 aliphatic heterocycles. The fourth-order valence-electron chi connectivity index (χ4n) is 1.12. The maximum Gasteiger partial charge on any atom is 0.317 e. The molecule has 0 aliphatic carbocycles. The van der Waals surface area contributed by atoms with Gasteiger partial charge in [-0.2, -0.15) is 4.37 Å². The van der Waals surface area contributed by atoms with Crippen molar-refractivity contribution in [1.82, 2.24) is 4.37 Å². The fourth-order valence-corrected chi connectivity index (χ4v) is 2.01. The highest BCUT2D eigenvalue weighted by Gasteiger charge is 2.07. The number of carbonyl (C=O) groups is 1. The van der Waals surface area contributed by atoms with E-state index in [-0.39, 0.29) is 0 Å². The van der Waals surface area contributed by atoms with Crippen molar-refractivity contribution < 1.29 is 4.79 Å². The summed E-state index contributed by atoms with van der Waals surface area (Å²) in [5.74, 6) is 0.458. The van der Waals surface area contributed by atoms with Crippen LogP contribution in [0.15, 0.2) is 18.2 Å². The summed E-state index contributed by atoms with van der Waals surface area (Å²) in [5.41, 5.74) is 4.99. The number of carbonyl (C=O) groups excluding carboxylic acids is 1. The molecule has 3 N–H and O–H groups in total. The highest BCUT2D eigenvalue weighted by atomic mass is 35.5. The highest BCUT2D eigenvalue weighted by Crippen LogP contribution is 2.28. The number of hydrogen-bond acceptors (Lipinski definition) is 3. The third-order valence-electron chi connectivity index (χ3n) is 1.67. The molecule has 14 heavy (non-hydrogen) atoms. The third kappa shape index (κ3) is 1.64. The Morgan fingerprint density at radius 3 is 3.07 bits per heavy atom. The Morgan fingerprint density at radius 1 is 1.57 bits per heavy atom. The summed E-state index contributed by atoms with van der Waals surface area (Å²) >= 11 is 7.10. The second kappa shape index (κ2) is 3.43. The minimum absolute atomic E-state index is 0.458. The first-order valence-electron chi connectivity index (χ1n) is 3.78. The van der Waals surface area contributed by atoms with E-state index < -0.39 is 6.03 Å². The summed E-state index contributed by atoms with van der Waals surface area (Å²) in [6, 6.07) is 4.74. The van der Waals surface area contributed by atoms with Crippen LogP contribution in [-0.4, -0.2) is 10.4 Å². The van der Waals surface area contributed by atoms with E-state index in [2.05, 4.69) is 9.69 Å². The molecule has 0 saturated carbocycles. The van der Waals surface area contributed by atoms with Crippen LogP contribution in [0, 0.1) is 0 Å². The summed E-state index contributed by atoms with van der Waals surface area (Å²) in [7, 11) is 0. The average molecular weight is 228 g/mol. The zero-order valence-corrected chi connectivity index (χ0v) is 8.52. The first kappa shape index (κ1) is 9.23. The fraction of sp³-hybridized carbons (Fsp3) is 0. The van der Waals surface area contributed by atoms with Gasteiger partial charge in [0.25, 0.3) is 0 Å². The standard InChI is InChI=1S/C8H6ClN3OS/c9-4-1-2-6-5(3-4)7(12-14-6)11-8(10)13/h1-3H,(H3,10,11,12,13). The van der Waals surface area contributed by atoms with Gasteiger partial charge in [-0.25, -0.2) is 4.79 Å². The topological polar surface area (TPSA) is 68.0 Å². The van der Waals surface area contributed by atoms with Gasteiger partial charge in [0.1, 0.15) is 0 Å². The summed E-state index contributed by atoms with van der Waals surface area (Å²) in [4.78, 5) is 10.6. The molecule has 2 aromatic rings. The van der Waals surface area contributed by atoms with Crippen LogP contribution >= 0.6 is 23.1 Å². The molecule has 0 aliphatic rings. The van der Waals surface area contributed by atoms with E-state index in [9.17, 15) is 4.79 Å². The van der Waals surface area contributed by atoms with Gasteiger partial charge < -0.3 is 5.73 Å². The van der Waals surface area contributed by atoms with Crippen molar-refractivity contribution in [3.8, 4) is 0 Å². The van der Waals surface area contributed by atoms with Crippen molar-refractivity contribution in [1.29, 1.82) is 0 Å². The first-order chi connectivity index (χ1) is 6.66. The van der Waals surface area contributed by atoms with Crippen LogP contribution in [0.2, 0.25) is 5.02 Å². The Hall–Kier alpha value is -1.33. The van der Waals surface area contributed by atoms with E-state index in [4.69, 9.17) is 17.3 Å². The SMILES string of the molecule is NC(=O)Nc1nsc2ccc(Cl)cc12. The average Bonchev–Trinajstić information content (AvgIpc) is 2.47. The zero-order chi connectivity index (χ0) is 10.1.